The number of nitrogens with zero attached hydrogens (tertiary/aromatic N) is 1. The standard InChI is InChI=1S/C9H15NO/c11-9-5-8(6-9)7-10-3-1-2-4-10/h1-2,8-9,11H,3-7H2. The van der Waals surface area contributed by atoms with Crippen molar-refractivity contribution in [2.45, 2.75) is 18.9 Å². The quantitative estimate of drug-likeness (QED) is 0.588. The SMILES string of the molecule is OC1CC(CN2CC=CC2)C1. The lowest BCUT2D eigenvalue weighted by Gasteiger charge is -2.34. The zero-order valence-corrected chi connectivity index (χ0v) is 6.74. The molecule has 0 radical (unpaired) electrons. The molecule has 1 N–H and O–H groups in total. The Kier molecular flexibility index (Phi) is 1.96. The molecule has 0 unspecified atom stereocenters. The van der Waals surface area contributed by atoms with Crippen molar-refractivity contribution in [1.29, 1.82) is 0 Å². The van der Waals surface area contributed by atoms with Crippen molar-refractivity contribution in [3.63, 3.8) is 0 Å². The smallest absolute Gasteiger partial charge is 0.0546 e. The molecule has 0 aromatic heterocycles. The maximum absolute atomic E-state index is 9.06. The zero-order chi connectivity index (χ0) is 7.68. The largest absolute Gasteiger partial charge is 0.393 e. The minimum atomic E-state index is 0.00978. The van der Waals surface area contributed by atoms with Crippen LogP contribution in [0.5, 0.6) is 0 Å². The van der Waals surface area contributed by atoms with Crippen LogP contribution in [0, 0.1) is 5.92 Å². The highest BCUT2D eigenvalue weighted by Gasteiger charge is 2.28. The fraction of sp³-hybridized carbons (Fsp3) is 0.778. The highest BCUT2D eigenvalue weighted by Crippen LogP contribution is 2.28. The lowest BCUT2D eigenvalue weighted by Crippen LogP contribution is -2.37. The second-order valence-corrected chi connectivity index (χ2v) is 3.68. The number of aliphatic hydroxyl groups excluding tert-OH is 1. The fourth-order valence-electron chi connectivity index (χ4n) is 1.89. The van der Waals surface area contributed by atoms with Crippen LogP contribution >= 0.6 is 0 Å². The predicted molar refractivity (Wildman–Crippen MR) is 44.3 cm³/mol. The van der Waals surface area contributed by atoms with Crippen molar-refractivity contribution in [1.82, 2.24) is 4.90 Å². The Hall–Kier alpha value is -0.340. The molecule has 2 nitrogen and oxygen atoms in total. The molecule has 2 heteroatoms. The minimum Gasteiger partial charge on any atom is -0.393 e. The first-order valence-electron chi connectivity index (χ1n) is 4.40. The first-order valence-corrected chi connectivity index (χ1v) is 4.40. The molecule has 1 saturated carbocycles. The Morgan fingerprint density at radius 3 is 2.45 bits per heavy atom. The fourth-order valence-corrected chi connectivity index (χ4v) is 1.89. The van der Waals surface area contributed by atoms with Crippen LogP contribution in [0.4, 0.5) is 0 Å². The lowest BCUT2D eigenvalue weighted by atomic mass is 9.82. The van der Waals surface area contributed by atoms with Gasteiger partial charge < -0.3 is 5.11 Å². The van der Waals surface area contributed by atoms with Crippen LogP contribution in [0.3, 0.4) is 0 Å². The van der Waals surface area contributed by atoms with Crippen LogP contribution < -0.4 is 0 Å². The Morgan fingerprint density at radius 2 is 1.91 bits per heavy atom. The highest BCUT2D eigenvalue weighted by molar-refractivity contribution is 4.96. The second kappa shape index (κ2) is 2.95. The van der Waals surface area contributed by atoms with Crippen LogP contribution in [-0.2, 0) is 0 Å². The highest BCUT2D eigenvalue weighted by atomic mass is 16.3. The Labute approximate surface area is 67.5 Å². The van der Waals surface area contributed by atoms with E-state index in [1.807, 2.05) is 0 Å². The Morgan fingerprint density at radius 1 is 1.27 bits per heavy atom. The van der Waals surface area contributed by atoms with E-state index in [9.17, 15) is 0 Å². The molecule has 11 heavy (non-hydrogen) atoms. The van der Waals surface area contributed by atoms with Gasteiger partial charge in [0, 0.05) is 19.6 Å². The molecule has 2 rings (SSSR count). The van der Waals surface area contributed by atoms with Gasteiger partial charge in [0.25, 0.3) is 0 Å². The van der Waals surface area contributed by atoms with Crippen LogP contribution in [0.2, 0.25) is 0 Å². The summed E-state index contributed by atoms with van der Waals surface area (Å²) in [6, 6.07) is 0. The summed E-state index contributed by atoms with van der Waals surface area (Å²) in [5.74, 6) is 0.768. The van der Waals surface area contributed by atoms with Gasteiger partial charge in [-0.25, -0.2) is 0 Å². The van der Waals surface area contributed by atoms with Crippen molar-refractivity contribution in [2.24, 2.45) is 5.92 Å². The van der Waals surface area contributed by atoms with Gasteiger partial charge in [-0.1, -0.05) is 12.2 Å². The molecule has 0 aromatic carbocycles. The molecule has 0 bridgehead atoms. The summed E-state index contributed by atoms with van der Waals surface area (Å²) in [6.45, 7) is 3.42. The van der Waals surface area contributed by atoms with Crippen molar-refractivity contribution in [3.05, 3.63) is 12.2 Å². The summed E-state index contributed by atoms with van der Waals surface area (Å²) >= 11 is 0. The molecule has 1 aliphatic carbocycles. The molecule has 0 spiro atoms. The van der Waals surface area contributed by atoms with Gasteiger partial charge in [0.1, 0.15) is 0 Å². The molecule has 0 amide bonds. The normalized spacial score (nSPS) is 37.5. The third-order valence-electron chi connectivity index (χ3n) is 2.62. The molecule has 62 valence electrons. The van der Waals surface area contributed by atoms with Crippen LogP contribution in [-0.4, -0.2) is 35.7 Å². The van der Waals surface area contributed by atoms with Crippen LogP contribution in [0.1, 0.15) is 12.8 Å². The third-order valence-corrected chi connectivity index (χ3v) is 2.62. The summed E-state index contributed by atoms with van der Waals surface area (Å²) in [4.78, 5) is 2.43. The van der Waals surface area contributed by atoms with E-state index in [0.29, 0.717) is 0 Å². The van der Waals surface area contributed by atoms with Gasteiger partial charge in [-0.15, -0.1) is 0 Å². The third kappa shape index (κ3) is 1.63. The predicted octanol–water partition coefficient (Wildman–Crippen LogP) is 0.629. The van der Waals surface area contributed by atoms with Crippen molar-refractivity contribution in [3.8, 4) is 0 Å². The van der Waals surface area contributed by atoms with Gasteiger partial charge in [0.15, 0.2) is 0 Å². The summed E-state index contributed by atoms with van der Waals surface area (Å²) < 4.78 is 0. The van der Waals surface area contributed by atoms with Gasteiger partial charge in [-0.3, -0.25) is 4.90 Å². The van der Waals surface area contributed by atoms with Gasteiger partial charge in [0.2, 0.25) is 0 Å². The topological polar surface area (TPSA) is 23.5 Å². The Balaban J connectivity index is 1.67. The van der Waals surface area contributed by atoms with Crippen molar-refractivity contribution < 1.29 is 5.11 Å². The number of aliphatic hydroxyl groups is 1. The minimum absolute atomic E-state index is 0.00978. The van der Waals surface area contributed by atoms with Gasteiger partial charge in [-0.05, 0) is 18.8 Å². The molecule has 0 saturated heterocycles. The average Bonchev–Trinajstić information content (AvgIpc) is 2.36. The van der Waals surface area contributed by atoms with Gasteiger partial charge in [-0.2, -0.15) is 0 Å². The van der Waals surface area contributed by atoms with E-state index in [4.69, 9.17) is 5.11 Å². The molecule has 1 fully saturated rings. The molecular formula is C9H15NO. The first kappa shape index (κ1) is 7.32. The molecule has 0 aromatic rings. The van der Waals surface area contributed by atoms with Crippen LogP contribution in [0.25, 0.3) is 0 Å². The molecule has 1 aliphatic heterocycles. The van der Waals surface area contributed by atoms with Gasteiger partial charge in [0.05, 0.1) is 6.10 Å². The van der Waals surface area contributed by atoms with E-state index in [2.05, 4.69) is 17.1 Å². The van der Waals surface area contributed by atoms with E-state index >= 15 is 0 Å². The summed E-state index contributed by atoms with van der Waals surface area (Å²) in [6.07, 6.45) is 6.49. The number of hydrogen-bond acceptors (Lipinski definition) is 2. The van der Waals surface area contributed by atoms with E-state index < -0.39 is 0 Å². The summed E-state index contributed by atoms with van der Waals surface area (Å²) in [7, 11) is 0. The van der Waals surface area contributed by atoms with E-state index in [1.54, 1.807) is 0 Å². The maximum Gasteiger partial charge on any atom is 0.0546 e. The van der Waals surface area contributed by atoms with E-state index in [1.165, 1.54) is 6.54 Å². The number of hydrogen-bond donors (Lipinski definition) is 1. The van der Waals surface area contributed by atoms with Crippen LogP contribution in [0.15, 0.2) is 12.2 Å². The average molecular weight is 153 g/mol. The molecule has 1 heterocycles. The van der Waals surface area contributed by atoms with Crippen molar-refractivity contribution in [2.75, 3.05) is 19.6 Å². The number of rotatable bonds is 2. The van der Waals surface area contributed by atoms with E-state index in [0.717, 1.165) is 31.8 Å². The zero-order valence-electron chi connectivity index (χ0n) is 6.74. The van der Waals surface area contributed by atoms with Crippen molar-refractivity contribution >= 4 is 0 Å². The first-order chi connectivity index (χ1) is 5.34. The van der Waals surface area contributed by atoms with E-state index in [-0.39, 0.29) is 6.10 Å². The maximum atomic E-state index is 9.06. The molecule has 0 atom stereocenters. The summed E-state index contributed by atoms with van der Waals surface area (Å²) in [5, 5.41) is 9.06. The summed E-state index contributed by atoms with van der Waals surface area (Å²) in [5.41, 5.74) is 0. The second-order valence-electron chi connectivity index (χ2n) is 3.68. The molecular weight excluding hydrogens is 138 g/mol. The monoisotopic (exact) mass is 153 g/mol. The van der Waals surface area contributed by atoms with Gasteiger partial charge >= 0.3 is 0 Å². The lowest BCUT2D eigenvalue weighted by molar-refractivity contribution is 0.0288. The Bertz CT molecular complexity index is 153. The molecule has 2 aliphatic rings.